The topological polar surface area (TPSA) is 12.0 Å². The molecule has 0 aliphatic heterocycles. The lowest BCUT2D eigenvalue weighted by molar-refractivity contribution is -0.137. The zero-order valence-corrected chi connectivity index (χ0v) is 11.3. The molecule has 0 atom stereocenters. The van der Waals surface area contributed by atoms with Gasteiger partial charge >= 0.3 is 6.18 Å². The summed E-state index contributed by atoms with van der Waals surface area (Å²) in [4.78, 5) is 0. The lowest BCUT2D eigenvalue weighted by atomic mass is 10.00. The van der Waals surface area contributed by atoms with Crippen molar-refractivity contribution in [3.8, 4) is 0 Å². The van der Waals surface area contributed by atoms with E-state index in [0.29, 0.717) is 12.4 Å². The lowest BCUT2D eigenvalue weighted by Gasteiger charge is -2.28. The van der Waals surface area contributed by atoms with E-state index < -0.39 is 11.7 Å². The van der Waals surface area contributed by atoms with Gasteiger partial charge < -0.3 is 5.32 Å². The molecule has 0 unspecified atom stereocenters. The van der Waals surface area contributed by atoms with Crippen molar-refractivity contribution in [3.05, 3.63) is 35.4 Å². The van der Waals surface area contributed by atoms with Crippen LogP contribution >= 0.6 is 11.6 Å². The van der Waals surface area contributed by atoms with Crippen LogP contribution in [0.3, 0.4) is 0 Å². The summed E-state index contributed by atoms with van der Waals surface area (Å²) in [6.07, 6.45) is 0.127. The van der Waals surface area contributed by atoms with Crippen molar-refractivity contribution in [2.45, 2.75) is 43.9 Å². The first-order valence-electron chi connectivity index (χ1n) is 6.42. The molecular formula is C14H17ClF3N. The first-order chi connectivity index (χ1) is 8.95. The molecule has 1 aromatic rings. The zero-order chi connectivity index (χ0) is 13.9. The second kappa shape index (κ2) is 5.71. The van der Waals surface area contributed by atoms with Gasteiger partial charge in [0.2, 0.25) is 0 Å². The number of halogens is 4. The number of alkyl halides is 4. The molecule has 5 heteroatoms. The average Bonchev–Trinajstić information content (AvgIpc) is 2.85. The lowest BCUT2D eigenvalue weighted by Crippen LogP contribution is -2.43. The number of nitrogens with one attached hydrogen (secondary N) is 1. The van der Waals surface area contributed by atoms with Crippen LogP contribution in [0.2, 0.25) is 0 Å². The fourth-order valence-corrected chi connectivity index (χ4v) is 2.87. The fourth-order valence-electron chi connectivity index (χ4n) is 2.51. The van der Waals surface area contributed by atoms with Gasteiger partial charge in [-0.1, -0.05) is 25.0 Å². The molecule has 1 fully saturated rings. The summed E-state index contributed by atoms with van der Waals surface area (Å²) in [5.41, 5.74) is 0.207. The molecule has 1 N–H and O–H groups in total. The molecule has 0 saturated heterocycles. The Bertz CT molecular complexity index is 408. The number of hydrogen-bond donors (Lipinski definition) is 1. The summed E-state index contributed by atoms with van der Waals surface area (Å²) in [6.45, 7) is 0.560. The van der Waals surface area contributed by atoms with E-state index >= 15 is 0 Å². The number of benzene rings is 1. The third kappa shape index (κ3) is 3.63. The van der Waals surface area contributed by atoms with Crippen molar-refractivity contribution in [2.75, 3.05) is 5.88 Å². The SMILES string of the molecule is FC(F)(F)c1ccc(CNC2(CCl)CCCC2)cc1. The first kappa shape index (κ1) is 14.7. The van der Waals surface area contributed by atoms with Crippen LogP contribution in [0.1, 0.15) is 36.8 Å². The van der Waals surface area contributed by atoms with E-state index in [1.54, 1.807) is 0 Å². The van der Waals surface area contributed by atoms with Crippen molar-refractivity contribution < 1.29 is 13.2 Å². The van der Waals surface area contributed by atoms with Crippen molar-refractivity contribution in [1.29, 1.82) is 0 Å². The molecule has 0 heterocycles. The van der Waals surface area contributed by atoms with Crippen LogP contribution in [0, 0.1) is 0 Å². The third-order valence-electron chi connectivity index (χ3n) is 3.77. The highest BCUT2D eigenvalue weighted by Crippen LogP contribution is 2.32. The molecule has 0 bridgehead atoms. The van der Waals surface area contributed by atoms with Crippen molar-refractivity contribution in [1.82, 2.24) is 5.32 Å². The molecular weight excluding hydrogens is 275 g/mol. The Morgan fingerprint density at radius 1 is 1.11 bits per heavy atom. The van der Waals surface area contributed by atoms with Gasteiger partial charge in [-0.15, -0.1) is 11.6 Å². The quantitative estimate of drug-likeness (QED) is 0.814. The van der Waals surface area contributed by atoms with Gasteiger partial charge in [-0.25, -0.2) is 0 Å². The predicted octanol–water partition coefficient (Wildman–Crippen LogP) is 4.35. The maximum atomic E-state index is 12.4. The van der Waals surface area contributed by atoms with Crippen molar-refractivity contribution in [3.63, 3.8) is 0 Å². The van der Waals surface area contributed by atoms with E-state index in [1.165, 1.54) is 12.1 Å². The molecule has 0 spiro atoms. The number of hydrogen-bond acceptors (Lipinski definition) is 1. The normalized spacial score (nSPS) is 18.7. The molecule has 2 rings (SSSR count). The van der Waals surface area contributed by atoms with Crippen LogP contribution < -0.4 is 5.32 Å². The Labute approximate surface area is 116 Å². The van der Waals surface area contributed by atoms with Gasteiger partial charge in [-0.05, 0) is 30.5 Å². The summed E-state index contributed by atoms with van der Waals surface area (Å²) in [6, 6.07) is 5.29. The largest absolute Gasteiger partial charge is 0.416 e. The Morgan fingerprint density at radius 3 is 2.16 bits per heavy atom. The molecule has 1 saturated carbocycles. The molecule has 1 nitrogen and oxygen atoms in total. The van der Waals surface area contributed by atoms with E-state index in [-0.39, 0.29) is 5.54 Å². The monoisotopic (exact) mass is 291 g/mol. The molecule has 0 amide bonds. The second-order valence-corrected chi connectivity index (χ2v) is 5.44. The summed E-state index contributed by atoms with van der Waals surface area (Å²) in [5.74, 6) is 0.549. The smallest absolute Gasteiger partial charge is 0.306 e. The Hall–Kier alpha value is -0.740. The van der Waals surface area contributed by atoms with Crippen LogP contribution in [-0.4, -0.2) is 11.4 Å². The Balaban J connectivity index is 1.96. The van der Waals surface area contributed by atoms with E-state index in [9.17, 15) is 13.2 Å². The van der Waals surface area contributed by atoms with Gasteiger partial charge in [0.1, 0.15) is 0 Å². The molecule has 0 radical (unpaired) electrons. The Morgan fingerprint density at radius 2 is 1.68 bits per heavy atom. The first-order valence-corrected chi connectivity index (χ1v) is 6.96. The van der Waals surface area contributed by atoms with Crippen molar-refractivity contribution >= 4 is 11.6 Å². The summed E-state index contributed by atoms with van der Waals surface area (Å²) in [7, 11) is 0. The molecule has 106 valence electrons. The fraction of sp³-hybridized carbons (Fsp3) is 0.571. The standard InChI is InChI=1S/C14H17ClF3N/c15-10-13(7-1-2-8-13)19-9-11-3-5-12(6-4-11)14(16,17)18/h3-6,19H,1-2,7-10H2. The maximum absolute atomic E-state index is 12.4. The highest BCUT2D eigenvalue weighted by molar-refractivity contribution is 6.18. The molecule has 19 heavy (non-hydrogen) atoms. The van der Waals surface area contributed by atoms with Crippen LogP contribution in [-0.2, 0) is 12.7 Å². The van der Waals surface area contributed by atoms with Gasteiger partial charge in [0, 0.05) is 18.0 Å². The summed E-state index contributed by atoms with van der Waals surface area (Å²) >= 11 is 6.00. The minimum absolute atomic E-state index is 0.0374. The molecule has 1 aromatic carbocycles. The van der Waals surface area contributed by atoms with Crippen LogP contribution in [0.15, 0.2) is 24.3 Å². The zero-order valence-electron chi connectivity index (χ0n) is 10.6. The van der Waals surface area contributed by atoms with Crippen LogP contribution in [0.5, 0.6) is 0 Å². The van der Waals surface area contributed by atoms with E-state index in [2.05, 4.69) is 5.32 Å². The molecule has 1 aliphatic carbocycles. The number of rotatable bonds is 4. The minimum Gasteiger partial charge on any atom is -0.306 e. The van der Waals surface area contributed by atoms with Crippen LogP contribution in [0.25, 0.3) is 0 Å². The van der Waals surface area contributed by atoms with E-state index in [0.717, 1.165) is 43.4 Å². The third-order valence-corrected chi connectivity index (χ3v) is 4.28. The molecule has 0 aromatic heterocycles. The molecule has 1 aliphatic rings. The van der Waals surface area contributed by atoms with Crippen LogP contribution in [0.4, 0.5) is 13.2 Å². The van der Waals surface area contributed by atoms with Gasteiger partial charge in [0.15, 0.2) is 0 Å². The maximum Gasteiger partial charge on any atom is 0.416 e. The second-order valence-electron chi connectivity index (χ2n) is 5.17. The summed E-state index contributed by atoms with van der Waals surface area (Å²) < 4.78 is 37.3. The predicted molar refractivity (Wildman–Crippen MR) is 70.2 cm³/mol. The van der Waals surface area contributed by atoms with Gasteiger partial charge in [0.05, 0.1) is 5.56 Å². The minimum atomic E-state index is -4.27. The van der Waals surface area contributed by atoms with Gasteiger partial charge in [0.25, 0.3) is 0 Å². The van der Waals surface area contributed by atoms with Gasteiger partial charge in [-0.3, -0.25) is 0 Å². The van der Waals surface area contributed by atoms with Gasteiger partial charge in [-0.2, -0.15) is 13.2 Å². The van der Waals surface area contributed by atoms with E-state index in [1.807, 2.05) is 0 Å². The summed E-state index contributed by atoms with van der Waals surface area (Å²) in [5, 5.41) is 3.41. The average molecular weight is 292 g/mol. The highest BCUT2D eigenvalue weighted by Gasteiger charge is 2.32. The van der Waals surface area contributed by atoms with E-state index in [4.69, 9.17) is 11.6 Å². The highest BCUT2D eigenvalue weighted by atomic mass is 35.5. The Kier molecular flexibility index (Phi) is 4.41. The van der Waals surface area contributed by atoms with Crippen molar-refractivity contribution in [2.24, 2.45) is 0 Å².